The minimum absolute atomic E-state index is 0.122. The van der Waals surface area contributed by atoms with Gasteiger partial charge in [-0.15, -0.1) is 0 Å². The van der Waals surface area contributed by atoms with Crippen molar-refractivity contribution in [2.75, 3.05) is 0 Å². The van der Waals surface area contributed by atoms with Crippen molar-refractivity contribution in [3.8, 4) is 11.3 Å². The molecule has 1 atom stereocenters. The molecule has 1 N–H and O–H groups in total. The fourth-order valence-corrected chi connectivity index (χ4v) is 3.50. The van der Waals surface area contributed by atoms with Crippen LogP contribution in [0.4, 0.5) is 8.78 Å². The molecular weight excluding hydrogens is 415 g/mol. The van der Waals surface area contributed by atoms with E-state index in [1.807, 2.05) is 13.8 Å². The summed E-state index contributed by atoms with van der Waals surface area (Å²) in [7, 11) is 0. The Labute approximate surface area is 168 Å². The van der Waals surface area contributed by atoms with Crippen LogP contribution in [0.3, 0.4) is 0 Å². The van der Waals surface area contributed by atoms with Gasteiger partial charge in [-0.2, -0.15) is 0 Å². The van der Waals surface area contributed by atoms with E-state index in [4.69, 9.17) is 35.4 Å². The van der Waals surface area contributed by atoms with Gasteiger partial charge in [0.05, 0.1) is 21.1 Å². The third-order valence-corrected chi connectivity index (χ3v) is 5.45. The minimum Gasteiger partial charge on any atom is -0.300 e. The molecule has 2 aromatic heterocycles. The molecule has 27 heavy (non-hydrogen) atoms. The van der Waals surface area contributed by atoms with Crippen LogP contribution in [0.1, 0.15) is 38.3 Å². The largest absolute Gasteiger partial charge is 0.300 e. The first-order valence-corrected chi connectivity index (χ1v) is 9.34. The lowest BCUT2D eigenvalue weighted by Crippen LogP contribution is -2.19. The maximum atomic E-state index is 13.8. The number of H-pyrrole nitrogens is 1. The summed E-state index contributed by atoms with van der Waals surface area (Å²) in [5.41, 5.74) is -0.201. The van der Waals surface area contributed by atoms with Gasteiger partial charge in [0, 0.05) is 17.2 Å². The van der Waals surface area contributed by atoms with E-state index in [0.717, 1.165) is 0 Å². The first-order valence-electron chi connectivity index (χ1n) is 8.17. The van der Waals surface area contributed by atoms with Crippen LogP contribution in [0.5, 0.6) is 0 Å². The van der Waals surface area contributed by atoms with Crippen molar-refractivity contribution in [1.29, 1.82) is 0 Å². The number of hydrogen-bond acceptors (Lipinski definition) is 3. The summed E-state index contributed by atoms with van der Waals surface area (Å²) in [6, 6.07) is 5.80. The molecule has 9 heteroatoms. The van der Waals surface area contributed by atoms with Crippen LogP contribution in [-0.4, -0.2) is 14.5 Å². The summed E-state index contributed by atoms with van der Waals surface area (Å²) < 4.78 is 29.3. The Bertz CT molecular complexity index is 1140. The van der Waals surface area contributed by atoms with Crippen LogP contribution in [0.15, 0.2) is 29.1 Å². The van der Waals surface area contributed by atoms with Gasteiger partial charge in [0.1, 0.15) is 5.65 Å². The molecule has 3 aromatic rings. The third kappa shape index (κ3) is 3.63. The molecule has 1 aromatic carbocycles. The van der Waals surface area contributed by atoms with E-state index < -0.39 is 17.5 Å². The van der Waals surface area contributed by atoms with Crippen molar-refractivity contribution < 1.29 is 8.78 Å². The molecule has 0 fully saturated rings. The zero-order chi connectivity index (χ0) is 19.9. The van der Waals surface area contributed by atoms with E-state index in [-0.39, 0.29) is 32.6 Å². The van der Waals surface area contributed by atoms with Gasteiger partial charge in [-0.3, -0.25) is 14.3 Å². The van der Waals surface area contributed by atoms with Crippen LogP contribution in [-0.2, 0) is 0 Å². The molecule has 4 nitrogen and oxygen atoms in total. The molecule has 0 radical (unpaired) electrons. The Hall–Kier alpha value is -1.83. The van der Waals surface area contributed by atoms with E-state index in [2.05, 4.69) is 9.97 Å². The van der Waals surface area contributed by atoms with Crippen molar-refractivity contribution in [1.82, 2.24) is 14.5 Å². The Balaban J connectivity index is 2.46. The van der Waals surface area contributed by atoms with Crippen LogP contribution >= 0.6 is 35.4 Å². The summed E-state index contributed by atoms with van der Waals surface area (Å²) in [5.74, 6) is 0. The quantitative estimate of drug-likeness (QED) is 0.492. The van der Waals surface area contributed by atoms with Gasteiger partial charge in [-0.1, -0.05) is 36.2 Å². The Kier molecular flexibility index (Phi) is 5.65. The molecule has 0 saturated carbocycles. The molecule has 142 valence electrons. The number of alkyl halides is 2. The molecule has 0 unspecified atom stereocenters. The number of nitrogens with one attached hydrogen (secondary N) is 1. The molecule has 2 heterocycles. The number of halogens is 4. The van der Waals surface area contributed by atoms with Gasteiger partial charge in [-0.25, -0.2) is 13.8 Å². The van der Waals surface area contributed by atoms with Crippen molar-refractivity contribution in [3.05, 3.63) is 55.0 Å². The van der Waals surface area contributed by atoms with Gasteiger partial charge >= 0.3 is 0 Å². The lowest BCUT2D eigenvalue weighted by molar-refractivity contribution is 0.153. The lowest BCUT2D eigenvalue weighted by atomic mass is 10.1. The topological polar surface area (TPSA) is 50.7 Å². The highest BCUT2D eigenvalue weighted by atomic mass is 35.5. The van der Waals surface area contributed by atoms with E-state index in [0.29, 0.717) is 17.0 Å². The molecule has 0 aliphatic heterocycles. The van der Waals surface area contributed by atoms with Gasteiger partial charge in [-0.05, 0) is 43.8 Å². The number of pyridine rings is 1. The predicted octanol–water partition coefficient (Wildman–Crippen LogP) is 6.34. The summed E-state index contributed by atoms with van der Waals surface area (Å²) >= 11 is 17.2. The maximum Gasteiger partial charge on any atom is 0.264 e. The summed E-state index contributed by atoms with van der Waals surface area (Å²) in [5, 5.41) is 0.455. The molecule has 3 rings (SSSR count). The van der Waals surface area contributed by atoms with Gasteiger partial charge < -0.3 is 0 Å². The minimum atomic E-state index is -2.86. The average Bonchev–Trinajstić information content (AvgIpc) is 2.62. The Morgan fingerprint density at radius 1 is 1.26 bits per heavy atom. The molecule has 0 saturated heterocycles. The van der Waals surface area contributed by atoms with Gasteiger partial charge in [0.15, 0.2) is 4.77 Å². The number of rotatable bonds is 4. The molecule has 0 aliphatic carbocycles. The summed E-state index contributed by atoms with van der Waals surface area (Å²) in [4.78, 5) is 19.4. The smallest absolute Gasteiger partial charge is 0.264 e. The zero-order valence-electron chi connectivity index (χ0n) is 14.4. The van der Waals surface area contributed by atoms with Crippen LogP contribution in [0.2, 0.25) is 10.0 Å². The number of fused-ring (bicyclic) bond motifs is 1. The van der Waals surface area contributed by atoms with Crippen LogP contribution in [0.25, 0.3) is 22.3 Å². The monoisotopic (exact) mass is 429 g/mol. The summed E-state index contributed by atoms with van der Waals surface area (Å²) in [6.07, 6.45) is -2.18. The first-order chi connectivity index (χ1) is 12.7. The number of hydrogen-bond donors (Lipinski definition) is 1. The molecular formula is C18H15Cl2F2N3OS. The molecule has 0 aliphatic rings. The average molecular weight is 430 g/mol. The van der Waals surface area contributed by atoms with Crippen molar-refractivity contribution >= 4 is 46.5 Å². The standard InChI is InChI=1S/C18H15Cl2F2N3OS/c1-3-8(2)25-16-14(17(26)24-18(25)27)10(15(21)22)7-13(23-16)9-4-5-11(19)12(20)6-9/h4-8,15H,3H2,1-2H3,(H,24,26,27)/t8-/m1/s1. The second-order valence-corrected chi connectivity index (χ2v) is 7.31. The van der Waals surface area contributed by atoms with Crippen LogP contribution < -0.4 is 5.56 Å². The number of benzene rings is 1. The van der Waals surface area contributed by atoms with E-state index in [9.17, 15) is 13.6 Å². The second kappa shape index (κ2) is 7.66. The SMILES string of the molecule is CC[C@@H](C)n1c(=S)[nH]c(=O)c2c(C(F)F)cc(-c3ccc(Cl)c(Cl)c3)nc21. The molecule has 0 bridgehead atoms. The number of aromatic amines is 1. The van der Waals surface area contributed by atoms with Crippen LogP contribution in [0, 0.1) is 4.77 Å². The van der Waals surface area contributed by atoms with Gasteiger partial charge in [0.25, 0.3) is 12.0 Å². The fourth-order valence-electron chi connectivity index (χ4n) is 2.84. The third-order valence-electron chi connectivity index (χ3n) is 4.41. The molecule has 0 amide bonds. The van der Waals surface area contributed by atoms with Crippen molar-refractivity contribution in [3.63, 3.8) is 0 Å². The highest BCUT2D eigenvalue weighted by molar-refractivity contribution is 7.71. The van der Waals surface area contributed by atoms with Gasteiger partial charge in [0.2, 0.25) is 0 Å². The highest BCUT2D eigenvalue weighted by Crippen LogP contribution is 2.33. The fraction of sp³-hybridized carbons (Fsp3) is 0.278. The summed E-state index contributed by atoms with van der Waals surface area (Å²) in [6.45, 7) is 3.81. The van der Waals surface area contributed by atoms with Crippen molar-refractivity contribution in [2.45, 2.75) is 32.7 Å². The Morgan fingerprint density at radius 2 is 1.96 bits per heavy atom. The number of nitrogens with zero attached hydrogens (tertiary/aromatic N) is 2. The van der Waals surface area contributed by atoms with E-state index >= 15 is 0 Å². The maximum absolute atomic E-state index is 13.8. The zero-order valence-corrected chi connectivity index (χ0v) is 16.7. The second-order valence-electron chi connectivity index (χ2n) is 6.11. The van der Waals surface area contributed by atoms with E-state index in [1.165, 1.54) is 6.07 Å². The van der Waals surface area contributed by atoms with Crippen molar-refractivity contribution in [2.24, 2.45) is 0 Å². The Morgan fingerprint density at radius 3 is 2.56 bits per heavy atom. The lowest BCUT2D eigenvalue weighted by Gasteiger charge is -2.18. The normalized spacial score (nSPS) is 12.7. The highest BCUT2D eigenvalue weighted by Gasteiger charge is 2.21. The first kappa shape index (κ1) is 19.9. The number of aromatic nitrogens is 3. The molecule has 0 spiro atoms. The van der Waals surface area contributed by atoms with E-state index in [1.54, 1.807) is 22.8 Å². The predicted molar refractivity (Wildman–Crippen MR) is 107 cm³/mol.